The molecule has 5 heteroatoms. The Morgan fingerprint density at radius 2 is 1.77 bits per heavy atom. The molecule has 0 saturated carbocycles. The first kappa shape index (κ1) is 19.7. The maximum absolute atomic E-state index is 5.54. The Morgan fingerprint density at radius 1 is 1.00 bits per heavy atom. The van der Waals surface area contributed by atoms with E-state index >= 15 is 0 Å². The maximum Gasteiger partial charge on any atom is 0.210 e. The number of hydrogen-bond donors (Lipinski definition) is 0. The van der Waals surface area contributed by atoms with Crippen molar-refractivity contribution in [2.75, 3.05) is 20.8 Å². The highest BCUT2D eigenvalue weighted by Crippen LogP contribution is 2.27. The molecule has 1 unspecified atom stereocenters. The van der Waals surface area contributed by atoms with E-state index in [1.54, 1.807) is 14.2 Å². The monoisotopic (exact) mass is 356 g/mol. The molecule has 138 valence electrons. The lowest BCUT2D eigenvalue weighted by Gasteiger charge is -2.13. The van der Waals surface area contributed by atoms with Crippen LogP contribution in [0.1, 0.15) is 11.1 Å². The fraction of sp³-hybridized carbons (Fsp3) is 0.238. The molecular formula is C21H24O5. The Bertz CT molecular complexity index is 697. The molecule has 0 spiro atoms. The molecule has 0 N–H and O–H groups in total. The van der Waals surface area contributed by atoms with E-state index in [1.807, 2.05) is 60.7 Å². The van der Waals surface area contributed by atoms with Gasteiger partial charge in [0.05, 0.1) is 20.8 Å². The van der Waals surface area contributed by atoms with Gasteiger partial charge in [0.2, 0.25) is 6.29 Å². The van der Waals surface area contributed by atoms with Crippen molar-refractivity contribution in [2.24, 2.45) is 0 Å². The summed E-state index contributed by atoms with van der Waals surface area (Å²) in [6.07, 6.45) is 4.76. The summed E-state index contributed by atoms with van der Waals surface area (Å²) in [6.45, 7) is 4.31. The molecule has 5 nitrogen and oxygen atoms in total. The number of rotatable bonds is 11. The summed E-state index contributed by atoms with van der Waals surface area (Å²) in [6, 6.07) is 15.5. The fourth-order valence-electron chi connectivity index (χ4n) is 2.17. The van der Waals surface area contributed by atoms with E-state index in [4.69, 9.17) is 24.0 Å². The summed E-state index contributed by atoms with van der Waals surface area (Å²) in [5.74, 6) is 1.30. The topological polar surface area (TPSA) is 46.2 Å². The summed E-state index contributed by atoms with van der Waals surface area (Å²) in [4.78, 5) is 10.5. The average Bonchev–Trinajstić information content (AvgIpc) is 2.70. The first-order valence-electron chi connectivity index (χ1n) is 8.21. The molecule has 0 aromatic heterocycles. The van der Waals surface area contributed by atoms with Crippen LogP contribution >= 0.6 is 0 Å². The van der Waals surface area contributed by atoms with Crippen LogP contribution in [0.4, 0.5) is 0 Å². The third-order valence-corrected chi connectivity index (χ3v) is 3.50. The zero-order chi connectivity index (χ0) is 18.6. The zero-order valence-electron chi connectivity index (χ0n) is 15.1. The van der Waals surface area contributed by atoms with Gasteiger partial charge in [-0.25, -0.2) is 4.89 Å². The van der Waals surface area contributed by atoms with Gasteiger partial charge in [-0.15, -0.1) is 0 Å². The molecule has 0 heterocycles. The van der Waals surface area contributed by atoms with Gasteiger partial charge in [0.15, 0.2) is 11.5 Å². The summed E-state index contributed by atoms with van der Waals surface area (Å²) >= 11 is 0. The standard InChI is InChI=1S/C21H24O5/c1-4-21(24-14-8-11-17-9-6-5-7-10-17)26-25-16-18-12-13-19(22-2)20(15-18)23-3/h4-13,15,21H,1,14,16H2,2-3H3/b11-8+. The summed E-state index contributed by atoms with van der Waals surface area (Å²) in [7, 11) is 3.18. The van der Waals surface area contributed by atoms with Gasteiger partial charge in [0.1, 0.15) is 6.61 Å². The lowest BCUT2D eigenvalue weighted by Crippen LogP contribution is -2.14. The van der Waals surface area contributed by atoms with Crippen LogP contribution in [0.15, 0.2) is 67.3 Å². The minimum Gasteiger partial charge on any atom is -0.493 e. The van der Waals surface area contributed by atoms with Gasteiger partial charge in [-0.1, -0.05) is 55.1 Å². The lowest BCUT2D eigenvalue weighted by molar-refractivity contribution is -0.370. The molecular weight excluding hydrogens is 332 g/mol. The Kier molecular flexibility index (Phi) is 8.42. The lowest BCUT2D eigenvalue weighted by atomic mass is 10.2. The average molecular weight is 356 g/mol. The van der Waals surface area contributed by atoms with Crippen LogP contribution in [0, 0.1) is 0 Å². The SMILES string of the molecule is C=CC(OC/C=C/c1ccccc1)OOCc1ccc(OC)c(OC)c1. The van der Waals surface area contributed by atoms with Gasteiger partial charge in [-0.05, 0) is 29.3 Å². The Morgan fingerprint density at radius 3 is 2.46 bits per heavy atom. The predicted molar refractivity (Wildman–Crippen MR) is 101 cm³/mol. The predicted octanol–water partition coefficient (Wildman–Crippen LogP) is 4.39. The fourth-order valence-corrected chi connectivity index (χ4v) is 2.17. The van der Waals surface area contributed by atoms with Crippen molar-refractivity contribution in [3.63, 3.8) is 0 Å². The molecule has 0 bridgehead atoms. The van der Waals surface area contributed by atoms with Crippen LogP contribution in [-0.2, 0) is 21.1 Å². The molecule has 0 amide bonds. The van der Waals surface area contributed by atoms with E-state index < -0.39 is 6.29 Å². The second kappa shape index (κ2) is 11.1. The third kappa shape index (κ3) is 6.37. The van der Waals surface area contributed by atoms with E-state index in [-0.39, 0.29) is 6.61 Å². The number of methoxy groups -OCH3 is 2. The van der Waals surface area contributed by atoms with E-state index in [9.17, 15) is 0 Å². The van der Waals surface area contributed by atoms with Crippen molar-refractivity contribution in [1.82, 2.24) is 0 Å². The number of hydrogen-bond acceptors (Lipinski definition) is 5. The van der Waals surface area contributed by atoms with Crippen LogP contribution in [0.2, 0.25) is 0 Å². The number of benzene rings is 2. The highest BCUT2D eigenvalue weighted by molar-refractivity contribution is 5.48. The first-order chi connectivity index (χ1) is 12.8. The van der Waals surface area contributed by atoms with Crippen molar-refractivity contribution in [1.29, 1.82) is 0 Å². The maximum atomic E-state index is 5.54. The molecule has 0 radical (unpaired) electrons. The van der Waals surface area contributed by atoms with Crippen LogP contribution in [-0.4, -0.2) is 27.1 Å². The third-order valence-electron chi connectivity index (χ3n) is 3.50. The van der Waals surface area contributed by atoms with E-state index in [0.29, 0.717) is 18.1 Å². The molecule has 1 atom stereocenters. The van der Waals surface area contributed by atoms with Crippen molar-refractivity contribution in [3.8, 4) is 11.5 Å². The first-order valence-corrected chi connectivity index (χ1v) is 8.21. The van der Waals surface area contributed by atoms with Gasteiger partial charge in [0, 0.05) is 0 Å². The van der Waals surface area contributed by atoms with Gasteiger partial charge in [-0.2, -0.15) is 4.89 Å². The molecule has 0 aliphatic heterocycles. The van der Waals surface area contributed by atoms with Crippen molar-refractivity contribution in [3.05, 3.63) is 78.4 Å². The molecule has 0 saturated heterocycles. The Labute approximate surface area is 154 Å². The van der Waals surface area contributed by atoms with Crippen LogP contribution in [0.5, 0.6) is 11.5 Å². The highest BCUT2D eigenvalue weighted by atomic mass is 17.2. The minimum atomic E-state index is -0.657. The highest BCUT2D eigenvalue weighted by Gasteiger charge is 2.07. The molecule has 2 aromatic carbocycles. The van der Waals surface area contributed by atoms with Gasteiger partial charge < -0.3 is 14.2 Å². The van der Waals surface area contributed by atoms with E-state index in [0.717, 1.165) is 11.1 Å². The molecule has 2 rings (SSSR count). The summed E-state index contributed by atoms with van der Waals surface area (Å²) in [5.41, 5.74) is 1.99. The Hall–Kier alpha value is -2.60. The minimum absolute atomic E-state index is 0.244. The van der Waals surface area contributed by atoms with Crippen molar-refractivity contribution >= 4 is 6.08 Å². The van der Waals surface area contributed by atoms with E-state index in [2.05, 4.69) is 6.58 Å². The van der Waals surface area contributed by atoms with Crippen LogP contribution in [0.3, 0.4) is 0 Å². The Balaban J connectivity index is 1.74. The normalized spacial score (nSPS) is 12.1. The quantitative estimate of drug-likeness (QED) is 0.259. The molecule has 2 aromatic rings. The molecule has 0 fully saturated rings. The van der Waals surface area contributed by atoms with Crippen molar-refractivity contribution in [2.45, 2.75) is 12.9 Å². The number of ether oxygens (including phenoxy) is 3. The second-order valence-electron chi connectivity index (χ2n) is 5.30. The van der Waals surface area contributed by atoms with E-state index in [1.165, 1.54) is 6.08 Å². The van der Waals surface area contributed by atoms with Crippen molar-refractivity contribution < 1.29 is 24.0 Å². The van der Waals surface area contributed by atoms with Gasteiger partial charge in [-0.3, -0.25) is 0 Å². The molecule has 0 aliphatic carbocycles. The largest absolute Gasteiger partial charge is 0.493 e. The molecule has 0 aliphatic rings. The zero-order valence-corrected chi connectivity index (χ0v) is 15.1. The second-order valence-corrected chi connectivity index (χ2v) is 5.30. The van der Waals surface area contributed by atoms with Gasteiger partial charge in [0.25, 0.3) is 0 Å². The smallest absolute Gasteiger partial charge is 0.210 e. The summed E-state index contributed by atoms with van der Waals surface area (Å²) in [5, 5.41) is 0. The van der Waals surface area contributed by atoms with Gasteiger partial charge >= 0.3 is 0 Å². The van der Waals surface area contributed by atoms with Crippen LogP contribution in [0.25, 0.3) is 6.08 Å². The summed E-state index contributed by atoms with van der Waals surface area (Å²) < 4.78 is 16.0. The van der Waals surface area contributed by atoms with Crippen LogP contribution < -0.4 is 9.47 Å². The molecule has 26 heavy (non-hydrogen) atoms.